The van der Waals surface area contributed by atoms with E-state index in [1.54, 1.807) is 0 Å². The van der Waals surface area contributed by atoms with E-state index in [1.165, 1.54) is 6.42 Å². The first-order valence-corrected chi connectivity index (χ1v) is 11.7. The van der Waals surface area contributed by atoms with Gasteiger partial charge in [0.2, 0.25) is 6.04 Å². The summed E-state index contributed by atoms with van der Waals surface area (Å²) in [4.78, 5) is 13.8. The van der Waals surface area contributed by atoms with E-state index < -0.39 is 0 Å². The number of hydrogen-bond donors (Lipinski definition) is 0. The highest BCUT2D eigenvalue weighted by atomic mass is 127. The van der Waals surface area contributed by atoms with Crippen LogP contribution in [0.2, 0.25) is 0 Å². The summed E-state index contributed by atoms with van der Waals surface area (Å²) < 4.78 is 10.8. The number of aromatic nitrogens is 2. The van der Waals surface area contributed by atoms with Crippen molar-refractivity contribution in [1.82, 2.24) is 4.57 Å². The van der Waals surface area contributed by atoms with Crippen LogP contribution >= 0.6 is 0 Å². The third-order valence-corrected chi connectivity index (χ3v) is 7.01. The first-order chi connectivity index (χ1) is 14.1. The number of hydrogen-bond acceptors (Lipinski definition) is 2. The molecule has 0 radical (unpaired) electrons. The maximum Gasteiger partial charge on any atom is 0.352 e. The molecule has 1 aliphatic rings. The van der Waals surface area contributed by atoms with Crippen molar-refractivity contribution in [2.24, 2.45) is 30.2 Å². The highest BCUT2D eigenvalue weighted by Gasteiger charge is 2.44. The van der Waals surface area contributed by atoms with Gasteiger partial charge in [0.05, 0.1) is 7.05 Å². The van der Waals surface area contributed by atoms with Crippen molar-refractivity contribution < 1.29 is 38.1 Å². The summed E-state index contributed by atoms with van der Waals surface area (Å²) in [5.74, 6) is 2.67. The van der Waals surface area contributed by atoms with Crippen LogP contribution in [0.25, 0.3) is 11.0 Å². The molecule has 1 unspecified atom stereocenters. The average molecular weight is 541 g/mol. The molecule has 3 rings (SSSR count). The molecule has 1 aromatic carbocycles. The molecule has 2 aromatic rings. The van der Waals surface area contributed by atoms with Crippen molar-refractivity contribution in [3.63, 3.8) is 0 Å². The third-order valence-electron chi connectivity index (χ3n) is 7.01. The smallest absolute Gasteiger partial charge is 0.352 e. The van der Waals surface area contributed by atoms with Gasteiger partial charge in [-0.3, -0.25) is 0 Å². The number of para-hydroxylation sites is 2. The van der Waals surface area contributed by atoms with E-state index in [4.69, 9.17) is 4.74 Å². The second-order valence-electron chi connectivity index (χ2n) is 10.8. The highest BCUT2D eigenvalue weighted by molar-refractivity contribution is 5.80. The Morgan fingerprint density at radius 1 is 1.23 bits per heavy atom. The fourth-order valence-electron chi connectivity index (χ4n) is 5.40. The number of ether oxygens (including phenoxy) is 1. The molecule has 0 aliphatic heterocycles. The van der Waals surface area contributed by atoms with E-state index in [1.807, 2.05) is 0 Å². The van der Waals surface area contributed by atoms with Crippen molar-refractivity contribution in [2.75, 3.05) is 0 Å². The van der Waals surface area contributed by atoms with Crippen LogP contribution in [0, 0.1) is 23.2 Å². The predicted octanol–water partition coefficient (Wildman–Crippen LogP) is 2.62. The molecule has 1 saturated carbocycles. The molecule has 0 bridgehead atoms. The Labute approximate surface area is 205 Å². The summed E-state index contributed by atoms with van der Waals surface area (Å²) in [6.07, 6.45) is 4.24. The van der Waals surface area contributed by atoms with E-state index in [0.29, 0.717) is 17.8 Å². The quantitative estimate of drug-likeness (QED) is 0.332. The largest absolute Gasteiger partial charge is 1.00 e. The van der Waals surface area contributed by atoms with Gasteiger partial charge in [0.25, 0.3) is 5.82 Å². The van der Waals surface area contributed by atoms with Crippen LogP contribution < -0.4 is 28.5 Å². The monoisotopic (exact) mass is 540 g/mol. The van der Waals surface area contributed by atoms with Crippen LogP contribution in [0.5, 0.6) is 0 Å². The normalized spacial score (nSPS) is 22.9. The molecule has 174 valence electrons. The Hall–Kier alpha value is -1.11. The van der Waals surface area contributed by atoms with Crippen LogP contribution in [0.15, 0.2) is 24.3 Å². The van der Waals surface area contributed by atoms with Crippen molar-refractivity contribution in [3.05, 3.63) is 30.1 Å². The van der Waals surface area contributed by atoms with Gasteiger partial charge in [-0.1, -0.05) is 67.0 Å². The lowest BCUT2D eigenvalue weighted by molar-refractivity contribution is -0.654. The summed E-state index contributed by atoms with van der Waals surface area (Å²) in [6, 6.07) is 8.02. The number of carbonyl (C=O) groups excluding carboxylic acids is 1. The maximum atomic E-state index is 13.8. The maximum absolute atomic E-state index is 13.8. The van der Waals surface area contributed by atoms with E-state index in [-0.39, 0.29) is 47.5 Å². The molecule has 1 aliphatic carbocycles. The molecule has 4 nitrogen and oxygen atoms in total. The number of rotatable bonds is 5. The van der Waals surface area contributed by atoms with Gasteiger partial charge in [0, 0.05) is 11.8 Å². The fraction of sp³-hybridized carbons (Fsp3) is 0.692. The summed E-state index contributed by atoms with van der Waals surface area (Å²) in [7, 11) is 2.10. The Bertz CT molecular complexity index is 897. The van der Waals surface area contributed by atoms with Gasteiger partial charge in [-0.05, 0) is 42.7 Å². The van der Waals surface area contributed by atoms with Crippen molar-refractivity contribution in [1.29, 1.82) is 0 Å². The van der Waals surface area contributed by atoms with Crippen LogP contribution in [-0.2, 0) is 23.0 Å². The number of fused-ring (bicyclic) bond motifs is 1. The number of halogens is 1. The summed E-state index contributed by atoms with van der Waals surface area (Å²) in [5.41, 5.74) is 2.00. The van der Waals surface area contributed by atoms with Gasteiger partial charge in [0.1, 0.15) is 6.10 Å². The number of nitrogens with zero attached hydrogens (tertiary/aromatic N) is 2. The average Bonchev–Trinajstić information content (AvgIpc) is 2.92. The number of imidazole rings is 1. The second kappa shape index (κ2) is 10.2. The molecule has 0 N–H and O–H groups in total. The molecular formula is C26H41IN2O2. The van der Waals surface area contributed by atoms with Crippen LogP contribution in [-0.4, -0.2) is 16.6 Å². The molecule has 0 saturated heterocycles. The third kappa shape index (κ3) is 5.28. The molecule has 1 aromatic heterocycles. The number of aryl methyl sites for hydroxylation is 1. The zero-order valence-electron chi connectivity index (χ0n) is 20.6. The zero-order valence-corrected chi connectivity index (χ0v) is 22.8. The second-order valence-corrected chi connectivity index (χ2v) is 10.8. The minimum Gasteiger partial charge on any atom is -1.00 e. The summed E-state index contributed by atoms with van der Waals surface area (Å²) >= 11 is 0. The van der Waals surface area contributed by atoms with E-state index >= 15 is 0 Å². The van der Waals surface area contributed by atoms with Gasteiger partial charge < -0.3 is 28.7 Å². The lowest BCUT2D eigenvalue weighted by atomic mass is 9.75. The van der Waals surface area contributed by atoms with Crippen molar-refractivity contribution in [2.45, 2.75) is 86.3 Å². The van der Waals surface area contributed by atoms with Crippen LogP contribution in [0.3, 0.4) is 0 Å². The van der Waals surface area contributed by atoms with Gasteiger partial charge in [0.15, 0.2) is 11.0 Å². The lowest BCUT2D eigenvalue weighted by Gasteiger charge is -2.38. The molecule has 0 amide bonds. The van der Waals surface area contributed by atoms with Crippen molar-refractivity contribution >= 4 is 17.0 Å². The Kier molecular flexibility index (Phi) is 8.62. The number of esters is 1. The SMILES string of the molecule is CCc1n([C@@H](C(=O)OC2C[C@H](C)CC[C@H]2C(C)C)C(C)(C)C)c2ccccc2[n+]1C.[I-]. The highest BCUT2D eigenvalue weighted by Crippen LogP contribution is 2.39. The summed E-state index contributed by atoms with van der Waals surface area (Å²) in [6.45, 7) is 15.4. The van der Waals surface area contributed by atoms with E-state index in [0.717, 1.165) is 36.1 Å². The molecule has 1 fully saturated rings. The Morgan fingerprint density at radius 3 is 2.45 bits per heavy atom. The van der Waals surface area contributed by atoms with Crippen LogP contribution in [0.4, 0.5) is 0 Å². The Morgan fingerprint density at radius 2 is 1.87 bits per heavy atom. The van der Waals surface area contributed by atoms with Crippen molar-refractivity contribution in [3.8, 4) is 0 Å². The first kappa shape index (κ1) is 26.1. The number of benzene rings is 1. The number of carbonyl (C=O) groups is 1. The van der Waals surface area contributed by atoms with Crippen LogP contribution in [0.1, 0.15) is 79.6 Å². The topological polar surface area (TPSA) is 35.1 Å². The Balaban J connectivity index is 0.00000341. The predicted molar refractivity (Wildman–Crippen MR) is 122 cm³/mol. The van der Waals surface area contributed by atoms with Gasteiger partial charge in [-0.2, -0.15) is 0 Å². The molecule has 31 heavy (non-hydrogen) atoms. The van der Waals surface area contributed by atoms with E-state index in [9.17, 15) is 4.79 Å². The van der Waals surface area contributed by atoms with Gasteiger partial charge in [-0.25, -0.2) is 13.9 Å². The van der Waals surface area contributed by atoms with Gasteiger partial charge >= 0.3 is 5.97 Å². The van der Waals surface area contributed by atoms with E-state index in [2.05, 4.69) is 88.9 Å². The standard InChI is InChI=1S/C26H41N2O2.HI/c1-9-23-27(8)20-12-10-11-13-21(20)28(23)24(26(5,6)7)25(29)30-22-16-18(4)14-15-19(22)17(2)3;/h10-13,17-19,22,24H,9,14-16H2,1-8H3;1H/q+1;/p-1/t18-,19+,22?,24+;/m1./s1. The lowest BCUT2D eigenvalue weighted by Crippen LogP contribution is -3.00. The first-order valence-electron chi connectivity index (χ1n) is 11.7. The fourth-order valence-corrected chi connectivity index (χ4v) is 5.40. The molecule has 0 spiro atoms. The molecule has 4 atom stereocenters. The molecular weight excluding hydrogens is 499 g/mol. The minimum atomic E-state index is -0.358. The zero-order chi connectivity index (χ0) is 22.2. The summed E-state index contributed by atoms with van der Waals surface area (Å²) in [5, 5.41) is 0. The molecule has 1 heterocycles. The molecule has 5 heteroatoms. The van der Waals surface area contributed by atoms with Gasteiger partial charge in [-0.15, -0.1) is 0 Å². The minimum absolute atomic E-state index is 0.